The standard InChI is InChI=1S/C19H21N3O/c1-14(17-5-3-4-11-20-17)22(2)19(23)9-7-15-6-8-18-16(13-15)10-12-21-18/h3-6,8,10-14,21H,7,9H2,1-2H3. The zero-order valence-electron chi connectivity index (χ0n) is 13.5. The van der Waals surface area contributed by atoms with Crippen molar-refractivity contribution in [3.63, 3.8) is 0 Å². The summed E-state index contributed by atoms with van der Waals surface area (Å²) in [6, 6.07) is 14.1. The molecule has 3 aromatic rings. The van der Waals surface area contributed by atoms with E-state index in [1.54, 1.807) is 11.1 Å². The smallest absolute Gasteiger partial charge is 0.223 e. The summed E-state index contributed by atoms with van der Waals surface area (Å²) in [5.74, 6) is 0.136. The SMILES string of the molecule is CC(c1ccccn1)N(C)C(=O)CCc1ccc2[nH]ccc2c1. The molecule has 4 heteroatoms. The molecule has 1 amide bonds. The van der Waals surface area contributed by atoms with Crippen molar-refractivity contribution in [2.75, 3.05) is 7.05 Å². The van der Waals surface area contributed by atoms with Gasteiger partial charge in [-0.05, 0) is 54.6 Å². The van der Waals surface area contributed by atoms with E-state index in [1.165, 1.54) is 10.9 Å². The van der Waals surface area contributed by atoms with Crippen molar-refractivity contribution in [2.45, 2.75) is 25.8 Å². The maximum atomic E-state index is 12.4. The van der Waals surface area contributed by atoms with E-state index in [9.17, 15) is 4.79 Å². The Labute approximate surface area is 136 Å². The lowest BCUT2D eigenvalue weighted by Gasteiger charge is -2.24. The summed E-state index contributed by atoms with van der Waals surface area (Å²) in [6.07, 6.45) is 4.95. The summed E-state index contributed by atoms with van der Waals surface area (Å²) < 4.78 is 0. The van der Waals surface area contributed by atoms with Gasteiger partial charge in [-0.1, -0.05) is 12.1 Å². The Hall–Kier alpha value is -2.62. The molecule has 3 rings (SSSR count). The molecule has 2 aromatic heterocycles. The quantitative estimate of drug-likeness (QED) is 0.781. The molecular weight excluding hydrogens is 286 g/mol. The Balaban J connectivity index is 1.62. The Kier molecular flexibility index (Phi) is 4.42. The minimum absolute atomic E-state index is 0.0177. The van der Waals surface area contributed by atoms with Crippen LogP contribution in [0, 0.1) is 0 Å². The first-order chi connectivity index (χ1) is 11.1. The second-order valence-corrected chi connectivity index (χ2v) is 5.83. The van der Waals surface area contributed by atoms with Crippen LogP contribution in [-0.2, 0) is 11.2 Å². The summed E-state index contributed by atoms with van der Waals surface area (Å²) in [7, 11) is 1.84. The largest absolute Gasteiger partial charge is 0.361 e. The Morgan fingerprint density at radius 1 is 1.26 bits per heavy atom. The molecule has 0 radical (unpaired) electrons. The van der Waals surface area contributed by atoms with Crippen molar-refractivity contribution in [3.8, 4) is 0 Å². The van der Waals surface area contributed by atoms with Crippen LogP contribution in [0.15, 0.2) is 54.9 Å². The number of nitrogens with zero attached hydrogens (tertiary/aromatic N) is 2. The summed E-state index contributed by atoms with van der Waals surface area (Å²) in [4.78, 5) is 21.7. The molecule has 0 aliphatic rings. The first kappa shape index (κ1) is 15.3. The van der Waals surface area contributed by atoms with E-state index in [1.807, 2.05) is 38.4 Å². The third kappa shape index (κ3) is 3.42. The summed E-state index contributed by atoms with van der Waals surface area (Å²) in [6.45, 7) is 2.01. The average molecular weight is 307 g/mol. The number of carbonyl (C=O) groups is 1. The number of aromatic nitrogens is 2. The molecule has 23 heavy (non-hydrogen) atoms. The Morgan fingerprint density at radius 3 is 2.91 bits per heavy atom. The summed E-state index contributed by atoms with van der Waals surface area (Å²) in [5.41, 5.74) is 3.22. The second kappa shape index (κ2) is 6.65. The molecule has 0 aliphatic carbocycles. The molecule has 1 unspecified atom stereocenters. The lowest BCUT2D eigenvalue weighted by molar-refractivity contribution is -0.131. The number of amides is 1. The lowest BCUT2D eigenvalue weighted by atomic mass is 10.1. The van der Waals surface area contributed by atoms with Gasteiger partial charge in [-0.3, -0.25) is 9.78 Å². The van der Waals surface area contributed by atoms with Crippen molar-refractivity contribution in [2.24, 2.45) is 0 Å². The third-order valence-electron chi connectivity index (χ3n) is 4.34. The molecule has 0 bridgehead atoms. The van der Waals surface area contributed by atoms with Crippen molar-refractivity contribution in [3.05, 3.63) is 66.1 Å². The molecule has 0 spiro atoms. The van der Waals surface area contributed by atoms with Crippen molar-refractivity contribution in [1.29, 1.82) is 0 Å². The van der Waals surface area contributed by atoms with Gasteiger partial charge in [0.05, 0.1) is 11.7 Å². The van der Waals surface area contributed by atoms with Crippen LogP contribution in [0.1, 0.15) is 30.6 Å². The van der Waals surface area contributed by atoms with Gasteiger partial charge in [0, 0.05) is 31.4 Å². The highest BCUT2D eigenvalue weighted by Gasteiger charge is 2.17. The molecule has 1 aromatic carbocycles. The van der Waals surface area contributed by atoms with Gasteiger partial charge in [-0.25, -0.2) is 0 Å². The summed E-state index contributed by atoms with van der Waals surface area (Å²) in [5, 5.41) is 1.19. The number of carbonyl (C=O) groups excluding carboxylic acids is 1. The van der Waals surface area contributed by atoms with Crippen LogP contribution < -0.4 is 0 Å². The van der Waals surface area contributed by atoms with Gasteiger partial charge in [0.1, 0.15) is 0 Å². The van der Waals surface area contributed by atoms with E-state index in [2.05, 4.69) is 34.2 Å². The number of benzene rings is 1. The van der Waals surface area contributed by atoms with Gasteiger partial charge in [0.2, 0.25) is 5.91 Å². The van der Waals surface area contributed by atoms with E-state index in [0.717, 1.165) is 17.6 Å². The fourth-order valence-electron chi connectivity index (χ4n) is 2.72. The molecule has 0 saturated carbocycles. The molecule has 2 heterocycles. The molecule has 0 aliphatic heterocycles. The topological polar surface area (TPSA) is 49.0 Å². The van der Waals surface area contributed by atoms with Crippen molar-refractivity contribution in [1.82, 2.24) is 14.9 Å². The zero-order chi connectivity index (χ0) is 16.2. The highest BCUT2D eigenvalue weighted by molar-refractivity contribution is 5.80. The zero-order valence-corrected chi connectivity index (χ0v) is 13.5. The second-order valence-electron chi connectivity index (χ2n) is 5.83. The van der Waals surface area contributed by atoms with Crippen LogP contribution in [0.3, 0.4) is 0 Å². The minimum atomic E-state index is -0.0177. The number of pyridine rings is 1. The van der Waals surface area contributed by atoms with Crippen LogP contribution >= 0.6 is 0 Å². The van der Waals surface area contributed by atoms with Crippen molar-refractivity contribution < 1.29 is 4.79 Å². The van der Waals surface area contributed by atoms with Crippen LogP contribution in [0.2, 0.25) is 0 Å². The monoisotopic (exact) mass is 307 g/mol. The maximum absolute atomic E-state index is 12.4. The van der Waals surface area contributed by atoms with Gasteiger partial charge < -0.3 is 9.88 Å². The van der Waals surface area contributed by atoms with Gasteiger partial charge in [-0.2, -0.15) is 0 Å². The number of aryl methyl sites for hydroxylation is 1. The number of fused-ring (bicyclic) bond motifs is 1. The van der Waals surface area contributed by atoms with Crippen LogP contribution in [-0.4, -0.2) is 27.8 Å². The summed E-state index contributed by atoms with van der Waals surface area (Å²) >= 11 is 0. The van der Waals surface area contributed by atoms with E-state index in [0.29, 0.717) is 6.42 Å². The fourth-order valence-corrected chi connectivity index (χ4v) is 2.72. The molecule has 0 saturated heterocycles. The van der Waals surface area contributed by atoms with Gasteiger partial charge in [-0.15, -0.1) is 0 Å². The molecule has 0 fully saturated rings. The van der Waals surface area contributed by atoms with Gasteiger partial charge >= 0.3 is 0 Å². The molecular formula is C19H21N3O. The average Bonchev–Trinajstić information content (AvgIpc) is 3.06. The van der Waals surface area contributed by atoms with E-state index in [4.69, 9.17) is 0 Å². The molecule has 4 nitrogen and oxygen atoms in total. The van der Waals surface area contributed by atoms with Crippen molar-refractivity contribution >= 4 is 16.8 Å². The van der Waals surface area contributed by atoms with Crippen LogP contribution in [0.5, 0.6) is 0 Å². The number of aromatic amines is 1. The number of H-pyrrole nitrogens is 1. The predicted octanol–water partition coefficient (Wildman–Crippen LogP) is 3.72. The number of hydrogen-bond donors (Lipinski definition) is 1. The van der Waals surface area contributed by atoms with Crippen LogP contribution in [0.25, 0.3) is 10.9 Å². The van der Waals surface area contributed by atoms with Gasteiger partial charge in [0.15, 0.2) is 0 Å². The van der Waals surface area contributed by atoms with Crippen LogP contribution in [0.4, 0.5) is 0 Å². The first-order valence-electron chi connectivity index (χ1n) is 7.88. The third-order valence-corrected chi connectivity index (χ3v) is 4.34. The van der Waals surface area contributed by atoms with E-state index < -0.39 is 0 Å². The molecule has 118 valence electrons. The Morgan fingerprint density at radius 2 is 2.13 bits per heavy atom. The molecule has 1 atom stereocenters. The Bertz CT molecular complexity index is 794. The van der Waals surface area contributed by atoms with Gasteiger partial charge in [0.25, 0.3) is 0 Å². The van der Waals surface area contributed by atoms with E-state index in [-0.39, 0.29) is 11.9 Å². The maximum Gasteiger partial charge on any atom is 0.223 e. The molecule has 1 N–H and O–H groups in total. The number of nitrogens with one attached hydrogen (secondary N) is 1. The highest BCUT2D eigenvalue weighted by Crippen LogP contribution is 2.19. The fraction of sp³-hybridized carbons (Fsp3) is 0.263. The van der Waals surface area contributed by atoms with E-state index >= 15 is 0 Å². The number of rotatable bonds is 5. The normalized spacial score (nSPS) is 12.3. The lowest BCUT2D eigenvalue weighted by Crippen LogP contribution is -2.30. The number of hydrogen-bond acceptors (Lipinski definition) is 2. The highest BCUT2D eigenvalue weighted by atomic mass is 16.2. The predicted molar refractivity (Wildman–Crippen MR) is 92.0 cm³/mol. The first-order valence-corrected chi connectivity index (χ1v) is 7.88. The minimum Gasteiger partial charge on any atom is -0.361 e.